The van der Waals surface area contributed by atoms with E-state index in [2.05, 4.69) is 43.5 Å². The number of piperazine rings is 1. The van der Waals surface area contributed by atoms with Crippen molar-refractivity contribution in [1.82, 2.24) is 14.5 Å². The lowest BCUT2D eigenvalue weighted by atomic mass is 9.70. The van der Waals surface area contributed by atoms with Crippen molar-refractivity contribution in [3.8, 4) is 0 Å². The topological polar surface area (TPSA) is 69.7 Å². The van der Waals surface area contributed by atoms with Crippen molar-refractivity contribution < 1.29 is 13.2 Å². The Hall–Kier alpha value is -0.920. The lowest BCUT2D eigenvalue weighted by Gasteiger charge is -2.38. The summed E-state index contributed by atoms with van der Waals surface area (Å²) in [5.74, 6) is 1.56. The number of likely N-dealkylation sites (N-methyl/N-ethyl adjacent to an activating group) is 1. The Morgan fingerprint density at radius 2 is 1.88 bits per heavy atom. The van der Waals surface area contributed by atoms with Crippen LogP contribution >= 0.6 is 0 Å². The van der Waals surface area contributed by atoms with E-state index in [1.165, 1.54) is 11.8 Å². The predicted molar refractivity (Wildman–Crippen MR) is 105 cm³/mol. The summed E-state index contributed by atoms with van der Waals surface area (Å²) in [7, 11) is -1.09. The van der Waals surface area contributed by atoms with Crippen molar-refractivity contribution in [1.29, 1.82) is 0 Å². The molecule has 1 N–H and O–H groups in total. The molecule has 0 saturated carbocycles. The number of hydrogen-bond acceptors (Lipinski definition) is 4. The number of nitrogens with zero attached hydrogens (tertiary/aromatic N) is 2. The summed E-state index contributed by atoms with van der Waals surface area (Å²) in [6.45, 7) is 10.4. The van der Waals surface area contributed by atoms with E-state index < -0.39 is 10.0 Å². The summed E-state index contributed by atoms with van der Waals surface area (Å²) in [5, 5.41) is 0. The van der Waals surface area contributed by atoms with Crippen LogP contribution < -0.4 is 4.72 Å². The van der Waals surface area contributed by atoms with Gasteiger partial charge in [-0.15, -0.1) is 0 Å². The van der Waals surface area contributed by atoms with Crippen molar-refractivity contribution in [2.24, 2.45) is 23.7 Å². The largest absolute Gasteiger partial charge is 0.340 e. The van der Waals surface area contributed by atoms with Crippen LogP contribution in [-0.2, 0) is 14.8 Å². The fourth-order valence-corrected chi connectivity index (χ4v) is 4.65. The molecule has 0 bridgehead atoms. The van der Waals surface area contributed by atoms with Gasteiger partial charge in [0, 0.05) is 39.1 Å². The molecule has 1 aliphatic heterocycles. The normalized spacial score (nSPS) is 28.3. The number of amides is 1. The zero-order valence-corrected chi connectivity index (χ0v) is 17.7. The Morgan fingerprint density at radius 1 is 1.27 bits per heavy atom. The highest BCUT2D eigenvalue weighted by Crippen LogP contribution is 2.39. The Labute approximate surface area is 159 Å². The predicted octanol–water partition coefficient (Wildman–Crippen LogP) is 1.55. The van der Waals surface area contributed by atoms with E-state index in [1.807, 2.05) is 4.90 Å². The van der Waals surface area contributed by atoms with Crippen LogP contribution in [0.25, 0.3) is 0 Å². The van der Waals surface area contributed by atoms with Gasteiger partial charge in [-0.1, -0.05) is 25.5 Å². The molecule has 1 aliphatic carbocycles. The molecule has 3 atom stereocenters. The van der Waals surface area contributed by atoms with Crippen LogP contribution in [0.3, 0.4) is 0 Å². The van der Waals surface area contributed by atoms with Gasteiger partial charge in [0.1, 0.15) is 0 Å². The van der Waals surface area contributed by atoms with Gasteiger partial charge in [-0.25, -0.2) is 13.1 Å². The Morgan fingerprint density at radius 3 is 2.42 bits per heavy atom. The minimum atomic E-state index is -3.19. The van der Waals surface area contributed by atoms with Crippen molar-refractivity contribution >= 4 is 15.9 Å². The van der Waals surface area contributed by atoms with Gasteiger partial charge < -0.3 is 9.80 Å². The van der Waals surface area contributed by atoms with Gasteiger partial charge in [-0.2, -0.15) is 0 Å². The number of allylic oxidation sites excluding steroid dienone is 1. The van der Waals surface area contributed by atoms with E-state index in [-0.39, 0.29) is 17.7 Å². The number of sulfonamides is 1. The fourth-order valence-electron chi connectivity index (χ4n) is 4.15. The van der Waals surface area contributed by atoms with Crippen LogP contribution in [0.2, 0.25) is 0 Å². The highest BCUT2D eigenvalue weighted by atomic mass is 32.2. The first-order valence-corrected chi connectivity index (χ1v) is 11.5. The molecule has 6 nitrogen and oxygen atoms in total. The summed E-state index contributed by atoms with van der Waals surface area (Å²) >= 11 is 0. The van der Waals surface area contributed by atoms with Crippen molar-refractivity contribution in [3.63, 3.8) is 0 Å². The molecule has 1 amide bonds. The summed E-state index contributed by atoms with van der Waals surface area (Å²) < 4.78 is 25.6. The minimum Gasteiger partial charge on any atom is -0.340 e. The molecule has 150 valence electrons. The molecule has 3 unspecified atom stereocenters. The molecule has 1 heterocycles. The summed E-state index contributed by atoms with van der Waals surface area (Å²) in [6, 6.07) is 0. The van der Waals surface area contributed by atoms with Gasteiger partial charge >= 0.3 is 0 Å². The first-order valence-electron chi connectivity index (χ1n) is 9.66. The molecule has 0 spiro atoms. The summed E-state index contributed by atoms with van der Waals surface area (Å²) in [5.41, 5.74) is 1.23. The molecule has 26 heavy (non-hydrogen) atoms. The Bertz CT molecular complexity index is 622. The second kappa shape index (κ2) is 8.85. The van der Waals surface area contributed by atoms with Gasteiger partial charge in [0.25, 0.3) is 0 Å². The zero-order valence-electron chi connectivity index (χ0n) is 16.9. The minimum absolute atomic E-state index is 0.194. The van der Waals surface area contributed by atoms with Gasteiger partial charge in [-0.05, 0) is 44.1 Å². The summed E-state index contributed by atoms with van der Waals surface area (Å²) in [4.78, 5) is 17.0. The average Bonchev–Trinajstić information content (AvgIpc) is 2.54. The van der Waals surface area contributed by atoms with Gasteiger partial charge in [0.2, 0.25) is 15.9 Å². The second-order valence-corrected chi connectivity index (χ2v) is 10.3. The lowest BCUT2D eigenvalue weighted by molar-refractivity contribution is -0.133. The molecule has 2 rings (SSSR count). The van der Waals surface area contributed by atoms with E-state index in [4.69, 9.17) is 0 Å². The van der Waals surface area contributed by atoms with E-state index in [0.717, 1.165) is 32.6 Å². The third-order valence-electron chi connectivity index (χ3n) is 5.94. The molecule has 0 aromatic heterocycles. The van der Waals surface area contributed by atoms with Crippen molar-refractivity contribution in [2.45, 2.75) is 33.6 Å². The molecule has 1 fully saturated rings. The lowest BCUT2D eigenvalue weighted by Crippen LogP contribution is -2.47. The molecule has 0 radical (unpaired) electrons. The first kappa shape index (κ1) is 21.4. The van der Waals surface area contributed by atoms with Gasteiger partial charge in [0.15, 0.2) is 0 Å². The monoisotopic (exact) mass is 385 g/mol. The maximum absolute atomic E-state index is 12.7. The molecule has 1 saturated heterocycles. The highest BCUT2D eigenvalue weighted by Gasteiger charge is 2.33. The van der Waals surface area contributed by atoms with Crippen molar-refractivity contribution in [2.75, 3.05) is 46.0 Å². The number of nitrogens with one attached hydrogen (secondary N) is 1. The Kier molecular flexibility index (Phi) is 7.27. The van der Waals surface area contributed by atoms with Crippen LogP contribution in [-0.4, -0.2) is 70.2 Å². The smallest absolute Gasteiger partial charge is 0.223 e. The molecule has 0 aromatic carbocycles. The maximum Gasteiger partial charge on any atom is 0.223 e. The molecular weight excluding hydrogens is 350 g/mol. The Balaban J connectivity index is 2.02. The van der Waals surface area contributed by atoms with Gasteiger partial charge in [0.05, 0.1) is 6.26 Å². The van der Waals surface area contributed by atoms with E-state index >= 15 is 0 Å². The maximum atomic E-state index is 12.7. The first-order chi connectivity index (χ1) is 12.1. The van der Waals surface area contributed by atoms with Crippen LogP contribution in [0.1, 0.15) is 33.6 Å². The van der Waals surface area contributed by atoms with E-state index in [0.29, 0.717) is 24.8 Å². The quantitative estimate of drug-likeness (QED) is 0.705. The van der Waals surface area contributed by atoms with Crippen LogP contribution in [0.4, 0.5) is 0 Å². The van der Waals surface area contributed by atoms with Crippen LogP contribution in [0.15, 0.2) is 11.6 Å². The molecular formula is C19H35N3O3S. The SMILES string of the molecule is CC1=CC(CNS(C)(=O)=O)C(C(C)C)CC1CC(=O)N1CCN(C)CC1. The second-order valence-electron chi connectivity index (χ2n) is 8.42. The molecule has 7 heteroatoms. The average molecular weight is 386 g/mol. The number of carbonyl (C=O) groups excluding carboxylic acids is 1. The van der Waals surface area contributed by atoms with Crippen molar-refractivity contribution in [3.05, 3.63) is 11.6 Å². The third-order valence-corrected chi connectivity index (χ3v) is 6.63. The summed E-state index contributed by atoms with van der Waals surface area (Å²) in [6.07, 6.45) is 4.93. The highest BCUT2D eigenvalue weighted by molar-refractivity contribution is 7.88. The van der Waals surface area contributed by atoms with Crippen LogP contribution in [0.5, 0.6) is 0 Å². The third kappa shape index (κ3) is 6.06. The van der Waals surface area contributed by atoms with Gasteiger partial charge in [-0.3, -0.25) is 4.79 Å². The number of rotatable bonds is 6. The zero-order chi connectivity index (χ0) is 19.5. The fraction of sp³-hybridized carbons (Fsp3) is 0.842. The number of carbonyl (C=O) groups is 1. The van der Waals surface area contributed by atoms with E-state index in [9.17, 15) is 13.2 Å². The van der Waals surface area contributed by atoms with E-state index in [1.54, 1.807) is 0 Å². The van der Waals surface area contributed by atoms with Crippen LogP contribution in [0, 0.1) is 23.7 Å². The standard InChI is InChI=1S/C19H35N3O3S/c1-14(2)18-11-16(12-19(23)22-8-6-21(4)7-9-22)15(3)10-17(18)13-20-26(5,24)25/h10,14,16-18,20H,6-9,11-13H2,1-5H3. The molecule has 0 aromatic rings. The number of hydrogen-bond donors (Lipinski definition) is 1. The molecule has 2 aliphatic rings.